The van der Waals surface area contributed by atoms with Gasteiger partial charge in [-0.1, -0.05) is 0 Å². The molecule has 0 saturated carbocycles. The van der Waals surface area contributed by atoms with Crippen LogP contribution >= 0.6 is 15.6 Å². The van der Waals surface area contributed by atoms with Crippen LogP contribution in [0.2, 0.25) is 0 Å². The Morgan fingerprint density at radius 3 is 1.07 bits per heavy atom. The number of hydrogen-bond donors (Lipinski definition) is 2. The van der Waals surface area contributed by atoms with Crippen molar-refractivity contribution in [1.82, 2.24) is 0 Å². The summed E-state index contributed by atoms with van der Waals surface area (Å²) < 4.78 is 28.6. The van der Waals surface area contributed by atoms with Gasteiger partial charge >= 0.3 is 74.8 Å². The van der Waals surface area contributed by atoms with Gasteiger partial charge in [-0.3, -0.25) is 29.4 Å². The van der Waals surface area contributed by atoms with Crippen LogP contribution in [0.15, 0.2) is 48.5 Å². The first-order valence-electron chi connectivity index (χ1n) is 6.72. The zero-order chi connectivity index (χ0) is 21.5. The maximum absolute atomic E-state index is 10.2. The van der Waals surface area contributed by atoms with Gasteiger partial charge in [0.25, 0.3) is 11.4 Å². The first-order chi connectivity index (χ1) is 12.8. The SMILES string of the molecule is O=[N+]([O-])c1ccc(OP(=O)([O-])O)cc1.O=[N+]([O-])c1ccc(OP(=O)([O-])O)cc1.[Na+].[Na+]. The van der Waals surface area contributed by atoms with Gasteiger partial charge in [-0.15, -0.1) is 0 Å². The normalized spacial score (nSPS) is 13.5. The molecule has 2 unspecified atom stereocenters. The minimum atomic E-state index is -4.85. The van der Waals surface area contributed by atoms with Crippen molar-refractivity contribution in [1.29, 1.82) is 0 Å². The Hall–Kier alpha value is -0.860. The van der Waals surface area contributed by atoms with Crippen LogP contribution in [0.1, 0.15) is 0 Å². The van der Waals surface area contributed by atoms with E-state index in [-0.39, 0.29) is 82.0 Å². The van der Waals surface area contributed by atoms with Gasteiger partial charge in [-0.05, 0) is 24.3 Å². The number of phosphoric acid groups is 2. The van der Waals surface area contributed by atoms with E-state index in [1.54, 1.807) is 0 Å². The molecule has 14 nitrogen and oxygen atoms in total. The summed E-state index contributed by atoms with van der Waals surface area (Å²) in [7, 11) is -9.69. The fourth-order valence-electron chi connectivity index (χ4n) is 1.52. The standard InChI is InChI=1S/2C6H6NO6P.2Na/c2*8-7(9)5-1-3-6(4-2-5)13-14(10,11)12;;/h2*1-4H,(H2,10,11,12);;/q;;2*+1/p-2. The third-order valence-corrected chi connectivity index (χ3v) is 3.42. The van der Waals surface area contributed by atoms with Gasteiger partial charge in [0.05, 0.1) is 9.85 Å². The number of non-ortho nitro benzene ring substituents is 2. The summed E-state index contributed by atoms with van der Waals surface area (Å²) >= 11 is 0. The Labute approximate surface area is 212 Å². The molecule has 152 valence electrons. The summed E-state index contributed by atoms with van der Waals surface area (Å²) in [6.07, 6.45) is 0. The molecule has 0 spiro atoms. The first kappa shape index (κ1) is 31.3. The number of benzene rings is 2. The average molecular weight is 482 g/mol. The van der Waals surface area contributed by atoms with Crippen molar-refractivity contribution in [2.45, 2.75) is 0 Å². The van der Waals surface area contributed by atoms with Crippen LogP contribution in [0.25, 0.3) is 0 Å². The molecule has 18 heteroatoms. The summed E-state index contributed by atoms with van der Waals surface area (Å²) in [5, 5.41) is 20.4. The van der Waals surface area contributed by atoms with E-state index >= 15 is 0 Å². The second-order valence-corrected chi connectivity index (χ2v) is 6.86. The molecule has 2 atom stereocenters. The molecule has 0 aliphatic heterocycles. The van der Waals surface area contributed by atoms with E-state index in [1.165, 1.54) is 0 Å². The number of rotatable bonds is 6. The third-order valence-electron chi connectivity index (χ3n) is 2.54. The van der Waals surface area contributed by atoms with Gasteiger partial charge in [-0.2, -0.15) is 0 Å². The van der Waals surface area contributed by atoms with Crippen LogP contribution in [0.4, 0.5) is 11.4 Å². The van der Waals surface area contributed by atoms with Gasteiger partial charge in [0, 0.05) is 24.3 Å². The Morgan fingerprint density at radius 1 is 0.667 bits per heavy atom. The van der Waals surface area contributed by atoms with Gasteiger partial charge in [-0.25, -0.2) is 0 Å². The maximum atomic E-state index is 10.2. The minimum Gasteiger partial charge on any atom is -0.746 e. The van der Waals surface area contributed by atoms with Crippen molar-refractivity contribution in [3.63, 3.8) is 0 Å². The van der Waals surface area contributed by atoms with Crippen molar-refractivity contribution in [3.05, 3.63) is 68.8 Å². The second-order valence-electron chi connectivity index (χ2n) is 4.62. The topological polar surface area (TPSA) is 225 Å². The van der Waals surface area contributed by atoms with Crippen molar-refractivity contribution >= 4 is 27.0 Å². The predicted molar refractivity (Wildman–Crippen MR) is 87.1 cm³/mol. The van der Waals surface area contributed by atoms with Crippen molar-refractivity contribution in [2.75, 3.05) is 0 Å². The van der Waals surface area contributed by atoms with Crippen molar-refractivity contribution in [3.8, 4) is 11.5 Å². The Kier molecular flexibility index (Phi) is 14.1. The fraction of sp³-hybridized carbons (Fsp3) is 0. The molecule has 0 aliphatic carbocycles. The van der Waals surface area contributed by atoms with Gasteiger partial charge in [0.2, 0.25) is 0 Å². The summed E-state index contributed by atoms with van der Waals surface area (Å²) in [4.78, 5) is 56.2. The van der Waals surface area contributed by atoms with E-state index in [1.807, 2.05) is 0 Å². The summed E-state index contributed by atoms with van der Waals surface area (Å²) in [6.45, 7) is 0. The largest absolute Gasteiger partial charge is 1.00 e. The molecule has 0 fully saturated rings. The van der Waals surface area contributed by atoms with Crippen LogP contribution < -0.4 is 77.9 Å². The monoisotopic (exact) mass is 482 g/mol. The molecule has 2 N–H and O–H groups in total. The Bertz CT molecular complexity index is 852. The molecular weight excluding hydrogens is 472 g/mol. The molecule has 0 radical (unpaired) electrons. The molecule has 0 aromatic heterocycles. The van der Waals surface area contributed by atoms with Crippen LogP contribution in [-0.2, 0) is 9.13 Å². The Morgan fingerprint density at radius 2 is 0.900 bits per heavy atom. The van der Waals surface area contributed by atoms with E-state index in [0.717, 1.165) is 48.5 Å². The number of hydrogen-bond acceptors (Lipinski definition) is 10. The van der Waals surface area contributed by atoms with E-state index < -0.39 is 25.5 Å². The molecule has 0 bridgehead atoms. The van der Waals surface area contributed by atoms with E-state index in [0.29, 0.717) is 0 Å². The number of phosphoric ester groups is 2. The molecule has 0 amide bonds. The zero-order valence-electron chi connectivity index (χ0n) is 15.4. The van der Waals surface area contributed by atoms with Crippen molar-refractivity contribution in [2.24, 2.45) is 0 Å². The van der Waals surface area contributed by atoms with E-state index in [9.17, 15) is 39.1 Å². The van der Waals surface area contributed by atoms with Gasteiger partial charge < -0.3 is 28.6 Å². The van der Waals surface area contributed by atoms with Crippen molar-refractivity contribution < 1.29 is 107 Å². The number of nitro groups is 2. The van der Waals surface area contributed by atoms with Crippen LogP contribution in [0, 0.1) is 20.2 Å². The molecule has 2 aromatic rings. The molecule has 30 heavy (non-hydrogen) atoms. The zero-order valence-corrected chi connectivity index (χ0v) is 21.2. The quantitative estimate of drug-likeness (QED) is 0.171. The van der Waals surface area contributed by atoms with E-state index in [2.05, 4.69) is 9.05 Å². The molecule has 0 heterocycles. The molecule has 2 rings (SSSR count). The van der Waals surface area contributed by atoms with Gasteiger partial charge in [0.15, 0.2) is 0 Å². The van der Waals surface area contributed by atoms with Gasteiger partial charge in [0.1, 0.15) is 11.5 Å². The summed E-state index contributed by atoms with van der Waals surface area (Å²) in [5.74, 6) is -0.368. The second kappa shape index (κ2) is 13.5. The first-order valence-corrected chi connectivity index (χ1v) is 9.71. The third kappa shape index (κ3) is 13.4. The molecule has 2 aromatic carbocycles. The summed E-state index contributed by atoms with van der Waals surface area (Å²) in [6, 6.07) is 8.52. The minimum absolute atomic E-state index is 0. The Balaban J connectivity index is 0. The van der Waals surface area contributed by atoms with Crippen LogP contribution in [0.5, 0.6) is 11.5 Å². The summed E-state index contributed by atoms with van der Waals surface area (Å²) in [5.41, 5.74) is -0.396. The smallest absolute Gasteiger partial charge is 0.746 e. The molecule has 0 aliphatic rings. The van der Waals surface area contributed by atoms with E-state index in [4.69, 9.17) is 9.79 Å². The predicted octanol–water partition coefficient (Wildman–Crippen LogP) is -5.12. The molecule has 0 saturated heterocycles. The number of nitrogens with zero attached hydrogens (tertiary/aromatic N) is 2. The van der Waals surface area contributed by atoms with Crippen LogP contribution in [-0.4, -0.2) is 19.6 Å². The number of nitro benzene ring substituents is 2. The maximum Gasteiger partial charge on any atom is 1.00 e. The molecular formula is C12H10N2Na2O12P2. The average Bonchev–Trinajstić information content (AvgIpc) is 2.53. The van der Waals surface area contributed by atoms with Crippen LogP contribution in [0.3, 0.4) is 0 Å². The fourth-order valence-corrected chi connectivity index (χ4v) is 2.30.